The van der Waals surface area contributed by atoms with Crippen LogP contribution in [0.4, 0.5) is 26.3 Å². The van der Waals surface area contributed by atoms with Crippen LogP contribution in [0.2, 0.25) is 0 Å². The van der Waals surface area contributed by atoms with Gasteiger partial charge in [0.2, 0.25) is 0 Å². The second kappa shape index (κ2) is 15.8. The van der Waals surface area contributed by atoms with Crippen LogP contribution in [-0.4, -0.2) is 103 Å². The maximum atomic E-state index is 10.6. The molecule has 2 aliphatic rings. The second-order valence-corrected chi connectivity index (χ2v) is 9.51. The van der Waals surface area contributed by atoms with Crippen molar-refractivity contribution in [2.45, 2.75) is 43.8 Å². The third-order valence-electron chi connectivity index (χ3n) is 6.13. The Morgan fingerprint density at radius 3 is 2.30 bits per heavy atom. The summed E-state index contributed by atoms with van der Waals surface area (Å²) in [7, 11) is 4.15. The molecule has 15 heteroatoms. The monoisotopic (exact) mass is 585 g/mol. The first-order valence-corrected chi connectivity index (χ1v) is 12.2. The van der Waals surface area contributed by atoms with Crippen LogP contribution >= 0.6 is 0 Å². The van der Waals surface area contributed by atoms with Crippen molar-refractivity contribution in [2.75, 3.05) is 53.6 Å². The average molecular weight is 586 g/mol. The van der Waals surface area contributed by atoms with Gasteiger partial charge < -0.3 is 24.6 Å². The van der Waals surface area contributed by atoms with E-state index in [1.165, 1.54) is 18.4 Å². The highest BCUT2D eigenvalue weighted by Gasteiger charge is 2.47. The zero-order chi connectivity index (χ0) is 30.6. The van der Waals surface area contributed by atoms with Crippen molar-refractivity contribution in [3.05, 3.63) is 35.4 Å². The van der Waals surface area contributed by atoms with Crippen molar-refractivity contribution >= 4 is 11.9 Å². The lowest BCUT2D eigenvalue weighted by Gasteiger charge is -2.44. The number of nitrogens with zero attached hydrogens (tertiary/aromatic N) is 3. The van der Waals surface area contributed by atoms with E-state index in [9.17, 15) is 26.3 Å². The number of morpholine rings is 1. The van der Waals surface area contributed by atoms with E-state index in [4.69, 9.17) is 34.5 Å². The molecule has 1 aliphatic carbocycles. The minimum absolute atomic E-state index is 0.0524. The van der Waals surface area contributed by atoms with Gasteiger partial charge in [0.1, 0.15) is 0 Å². The van der Waals surface area contributed by atoms with Crippen molar-refractivity contribution in [2.24, 2.45) is 5.92 Å². The van der Waals surface area contributed by atoms with Crippen LogP contribution in [0.3, 0.4) is 0 Å². The van der Waals surface area contributed by atoms with Gasteiger partial charge >= 0.3 is 24.3 Å². The van der Waals surface area contributed by atoms with E-state index in [-0.39, 0.29) is 5.60 Å². The molecule has 40 heavy (non-hydrogen) atoms. The summed E-state index contributed by atoms with van der Waals surface area (Å²) in [4.78, 5) is 22.4. The van der Waals surface area contributed by atoms with E-state index in [2.05, 4.69) is 36.0 Å². The highest BCUT2D eigenvalue weighted by Crippen LogP contribution is 2.41. The van der Waals surface area contributed by atoms with Crippen molar-refractivity contribution in [1.29, 1.82) is 5.26 Å². The number of halogens is 6. The van der Waals surface area contributed by atoms with Crippen molar-refractivity contribution in [3.63, 3.8) is 0 Å². The fourth-order valence-corrected chi connectivity index (χ4v) is 4.23. The van der Waals surface area contributed by atoms with E-state index in [0.717, 1.165) is 58.0 Å². The van der Waals surface area contributed by atoms with E-state index in [1.54, 1.807) is 0 Å². The number of alkyl halides is 6. The van der Waals surface area contributed by atoms with Crippen LogP contribution in [0.15, 0.2) is 24.3 Å². The summed E-state index contributed by atoms with van der Waals surface area (Å²) < 4.78 is 75.8. The lowest BCUT2D eigenvalue weighted by Crippen LogP contribution is -2.54. The van der Waals surface area contributed by atoms with Crippen molar-refractivity contribution in [1.82, 2.24) is 9.80 Å². The highest BCUT2D eigenvalue weighted by molar-refractivity contribution is 5.73. The minimum atomic E-state index is -5.08. The summed E-state index contributed by atoms with van der Waals surface area (Å²) in [6, 6.07) is 10.2. The molecule has 3 rings (SSSR count). The van der Waals surface area contributed by atoms with Gasteiger partial charge in [-0.1, -0.05) is 18.6 Å². The Morgan fingerprint density at radius 2 is 1.77 bits per heavy atom. The van der Waals surface area contributed by atoms with E-state index in [0.29, 0.717) is 5.92 Å². The Bertz CT molecular complexity index is 974. The number of ether oxygens (including phenoxy) is 2. The normalized spacial score (nSPS) is 21.1. The topological polar surface area (TPSA) is 123 Å². The van der Waals surface area contributed by atoms with Crippen LogP contribution in [0, 0.1) is 17.2 Å². The van der Waals surface area contributed by atoms with Gasteiger partial charge in [-0.2, -0.15) is 31.6 Å². The first-order valence-electron chi connectivity index (χ1n) is 12.2. The zero-order valence-corrected chi connectivity index (χ0v) is 22.1. The fraction of sp³-hybridized carbons (Fsp3) is 0.640. The van der Waals surface area contributed by atoms with Crippen LogP contribution in [-0.2, 0) is 25.6 Å². The molecule has 0 radical (unpaired) electrons. The number of likely N-dealkylation sites (N-methyl/N-ethyl adjacent to an activating group) is 1. The third-order valence-corrected chi connectivity index (χ3v) is 6.13. The van der Waals surface area contributed by atoms with Gasteiger partial charge in [-0.15, -0.1) is 0 Å². The SMILES string of the molecule is CN(C)CCOC[C@H]1CCC[C@]12CN(Cc1cccc(C#N)c1)CCO2.O=C(O)C(F)(F)F.O=C(O)C(F)(F)F. The van der Waals surface area contributed by atoms with Gasteiger partial charge in [0.05, 0.1) is 37.1 Å². The molecule has 1 heterocycles. The quantitative estimate of drug-likeness (QED) is 0.364. The molecule has 9 nitrogen and oxygen atoms in total. The van der Waals surface area contributed by atoms with Crippen LogP contribution in [0.5, 0.6) is 0 Å². The van der Waals surface area contributed by atoms with Gasteiger partial charge in [0.15, 0.2) is 0 Å². The Morgan fingerprint density at radius 1 is 1.18 bits per heavy atom. The summed E-state index contributed by atoms with van der Waals surface area (Å²) in [6.07, 6.45) is -6.62. The van der Waals surface area contributed by atoms with Crippen LogP contribution in [0.25, 0.3) is 0 Å². The minimum Gasteiger partial charge on any atom is -0.475 e. The molecule has 1 aromatic rings. The molecule has 1 aliphatic heterocycles. The molecular weight excluding hydrogens is 552 g/mol. The predicted octanol–water partition coefficient (Wildman–Crippen LogP) is 3.77. The summed E-state index contributed by atoms with van der Waals surface area (Å²) in [5.41, 5.74) is 1.89. The smallest absolute Gasteiger partial charge is 0.475 e. The number of carboxylic acid groups (broad SMARTS) is 2. The third kappa shape index (κ3) is 12.5. The number of hydrogen-bond donors (Lipinski definition) is 2. The molecule has 0 unspecified atom stereocenters. The molecule has 226 valence electrons. The van der Waals surface area contributed by atoms with E-state index < -0.39 is 24.3 Å². The van der Waals surface area contributed by atoms with Gasteiger partial charge in [-0.3, -0.25) is 4.90 Å². The molecule has 2 N–H and O–H groups in total. The first kappa shape index (κ1) is 35.1. The standard InChI is InChI=1S/C21H31N3O2.2C2HF3O2/c1-23(2)9-11-25-16-20-7-4-8-21(20)17-24(10-12-26-21)15-19-6-3-5-18(13-19)14-22;2*3-2(4,5)1(6)7/h3,5-6,13,20H,4,7-12,15-17H2,1-2H3;2*(H,6,7)/t20-,21+;;/m1../s1. The van der Waals surface area contributed by atoms with E-state index in [1.807, 2.05) is 18.2 Å². The molecule has 0 amide bonds. The largest absolute Gasteiger partial charge is 0.490 e. The van der Waals surface area contributed by atoms with Crippen molar-refractivity contribution in [3.8, 4) is 6.07 Å². The molecule has 0 aromatic heterocycles. The fourth-order valence-electron chi connectivity index (χ4n) is 4.23. The highest BCUT2D eigenvalue weighted by atomic mass is 19.4. The number of benzene rings is 1. The maximum Gasteiger partial charge on any atom is 0.490 e. The van der Waals surface area contributed by atoms with E-state index >= 15 is 0 Å². The first-order chi connectivity index (χ1) is 18.5. The lowest BCUT2D eigenvalue weighted by molar-refractivity contribution is -0.193. The Balaban J connectivity index is 0.000000473. The van der Waals surface area contributed by atoms with Gasteiger partial charge in [-0.05, 0) is 44.6 Å². The van der Waals surface area contributed by atoms with Crippen LogP contribution in [0.1, 0.15) is 30.4 Å². The number of hydrogen-bond acceptors (Lipinski definition) is 7. The Hall–Kier alpha value is -2.93. The number of carboxylic acids is 2. The molecular formula is C25H33F6N3O6. The number of carbonyl (C=O) groups is 2. The predicted molar refractivity (Wildman–Crippen MR) is 129 cm³/mol. The van der Waals surface area contributed by atoms with Crippen molar-refractivity contribution < 1.29 is 55.6 Å². The molecule has 1 spiro atoms. The number of nitriles is 1. The molecule has 0 bridgehead atoms. The summed E-state index contributed by atoms with van der Waals surface area (Å²) in [5.74, 6) is -5.03. The summed E-state index contributed by atoms with van der Waals surface area (Å²) in [6.45, 7) is 6.12. The lowest BCUT2D eigenvalue weighted by atomic mass is 9.89. The second-order valence-electron chi connectivity index (χ2n) is 9.51. The van der Waals surface area contributed by atoms with Gasteiger partial charge in [-0.25, -0.2) is 9.59 Å². The van der Waals surface area contributed by atoms with Gasteiger partial charge in [0.25, 0.3) is 0 Å². The van der Waals surface area contributed by atoms with Gasteiger partial charge in [0, 0.05) is 32.1 Å². The zero-order valence-electron chi connectivity index (χ0n) is 22.1. The number of rotatable bonds is 7. The van der Waals surface area contributed by atoms with Crippen LogP contribution < -0.4 is 0 Å². The average Bonchev–Trinajstić information content (AvgIpc) is 3.22. The Labute approximate surface area is 227 Å². The summed E-state index contributed by atoms with van der Waals surface area (Å²) >= 11 is 0. The maximum absolute atomic E-state index is 10.6. The molecule has 1 aromatic carbocycles. The molecule has 2 fully saturated rings. The molecule has 1 saturated heterocycles. The Kier molecular flexibility index (Phi) is 13.8. The molecule has 1 saturated carbocycles. The molecule has 2 atom stereocenters. The number of aliphatic carboxylic acids is 2. The summed E-state index contributed by atoms with van der Waals surface area (Å²) in [5, 5.41) is 23.4.